The van der Waals surface area contributed by atoms with Gasteiger partial charge in [-0.15, -0.1) is 11.3 Å². The third-order valence-electron chi connectivity index (χ3n) is 2.96. The summed E-state index contributed by atoms with van der Waals surface area (Å²) in [6.07, 6.45) is 1.19. The number of aromatic nitrogens is 1. The molecule has 0 fully saturated rings. The molecule has 0 saturated heterocycles. The molecule has 1 aromatic heterocycles. The lowest BCUT2D eigenvalue weighted by Gasteiger charge is -2.08. The molecule has 1 aromatic carbocycles. The number of hydrogen-bond acceptors (Lipinski definition) is 4. The van der Waals surface area contributed by atoms with Gasteiger partial charge in [0, 0.05) is 18.1 Å². The Morgan fingerprint density at radius 3 is 2.78 bits per heavy atom. The lowest BCUT2D eigenvalue weighted by atomic mass is 10.2. The summed E-state index contributed by atoms with van der Waals surface area (Å²) in [5.74, 6) is 0. The molecule has 2 rings (SSSR count). The van der Waals surface area contributed by atoms with Crippen molar-refractivity contribution in [3.63, 3.8) is 0 Å². The molecule has 0 radical (unpaired) electrons. The first-order valence-electron chi connectivity index (χ1n) is 6.81. The van der Waals surface area contributed by atoms with Crippen LogP contribution in [-0.4, -0.2) is 12.0 Å². The predicted molar refractivity (Wildman–Crippen MR) is 88.7 cm³/mol. The predicted octanol–water partition coefficient (Wildman–Crippen LogP) is 5.04. The van der Waals surface area contributed by atoms with E-state index in [4.69, 9.17) is 0 Å². The monoisotopic (exact) mass is 339 g/mol. The molecule has 7 heteroatoms. The van der Waals surface area contributed by atoms with Crippen molar-refractivity contribution in [1.29, 1.82) is 0 Å². The second-order valence-electron chi connectivity index (χ2n) is 4.74. The van der Waals surface area contributed by atoms with Crippen molar-refractivity contribution in [2.75, 3.05) is 12.4 Å². The van der Waals surface area contributed by atoms with Gasteiger partial charge in [-0.1, -0.05) is 12.1 Å². The van der Waals surface area contributed by atoms with Gasteiger partial charge in [0.25, 0.3) is 0 Å². The molecule has 0 amide bonds. The van der Waals surface area contributed by atoms with E-state index in [1.165, 1.54) is 17.4 Å². The Kier molecular flexibility index (Phi) is 5.44. The maximum atomic E-state index is 12.7. The van der Waals surface area contributed by atoms with Crippen LogP contribution >= 0.6 is 11.3 Å². The van der Waals surface area contributed by atoms with E-state index in [0.717, 1.165) is 23.4 Å². The molecule has 2 N–H and O–H groups in total. The minimum atomic E-state index is -4.36. The highest BCUT2D eigenvalue weighted by atomic mass is 32.1. The Morgan fingerprint density at radius 1 is 1.30 bits per heavy atom. The van der Waals surface area contributed by atoms with Gasteiger partial charge in [-0.3, -0.25) is 0 Å². The number of benzene rings is 1. The Bertz CT molecular complexity index is 717. The third-order valence-corrected chi connectivity index (χ3v) is 3.72. The summed E-state index contributed by atoms with van der Waals surface area (Å²) in [6.45, 7) is 1.92. The van der Waals surface area contributed by atoms with Crippen LogP contribution in [0, 0.1) is 0 Å². The molecule has 23 heavy (non-hydrogen) atoms. The number of nitrogens with one attached hydrogen (secondary N) is 2. The Hall–Kier alpha value is -2.28. The number of anilines is 2. The number of halogens is 3. The second-order valence-corrected chi connectivity index (χ2v) is 5.60. The molecule has 3 nitrogen and oxygen atoms in total. The fraction of sp³-hybridized carbons (Fsp3) is 0.188. The van der Waals surface area contributed by atoms with Crippen LogP contribution in [0.15, 0.2) is 48.0 Å². The first-order valence-corrected chi connectivity index (χ1v) is 7.69. The molecule has 2 aromatic rings. The van der Waals surface area contributed by atoms with Crippen molar-refractivity contribution in [1.82, 2.24) is 10.3 Å². The van der Waals surface area contributed by atoms with Crippen molar-refractivity contribution in [3.05, 3.63) is 59.3 Å². The average Bonchev–Trinajstić information content (AvgIpc) is 2.95. The van der Waals surface area contributed by atoms with Gasteiger partial charge < -0.3 is 10.6 Å². The molecule has 0 aliphatic heterocycles. The maximum Gasteiger partial charge on any atom is 0.416 e. The lowest BCUT2D eigenvalue weighted by molar-refractivity contribution is -0.137. The third kappa shape index (κ3) is 4.85. The number of alkyl halides is 3. The van der Waals surface area contributed by atoms with Crippen molar-refractivity contribution in [2.24, 2.45) is 0 Å². The quantitative estimate of drug-likeness (QED) is 0.749. The lowest BCUT2D eigenvalue weighted by Crippen LogP contribution is -2.05. The SMILES string of the molecule is CN/C=C\C=C(/C)c1csc(Nc2cccc(C(F)(F)F)c2)n1. The highest BCUT2D eigenvalue weighted by Crippen LogP contribution is 2.32. The molecule has 0 spiro atoms. The van der Waals surface area contributed by atoms with Crippen molar-refractivity contribution < 1.29 is 13.2 Å². The largest absolute Gasteiger partial charge is 0.416 e. The zero-order chi connectivity index (χ0) is 16.9. The van der Waals surface area contributed by atoms with Gasteiger partial charge in [-0.05, 0) is 43.0 Å². The first kappa shape index (κ1) is 17.1. The zero-order valence-electron chi connectivity index (χ0n) is 12.6. The Labute approximate surface area is 136 Å². The fourth-order valence-electron chi connectivity index (χ4n) is 1.78. The normalized spacial score (nSPS) is 12.7. The van der Waals surface area contributed by atoms with Gasteiger partial charge >= 0.3 is 6.18 Å². The van der Waals surface area contributed by atoms with Crippen LogP contribution in [-0.2, 0) is 6.18 Å². The van der Waals surface area contributed by atoms with Crippen LogP contribution in [0.1, 0.15) is 18.2 Å². The van der Waals surface area contributed by atoms with Gasteiger partial charge in [0.2, 0.25) is 0 Å². The minimum absolute atomic E-state index is 0.359. The minimum Gasteiger partial charge on any atom is -0.394 e. The molecular formula is C16H16F3N3S. The second kappa shape index (κ2) is 7.32. The van der Waals surface area contributed by atoms with Crippen LogP contribution < -0.4 is 10.6 Å². The van der Waals surface area contributed by atoms with Gasteiger partial charge in [0.05, 0.1) is 11.3 Å². The molecule has 0 atom stereocenters. The van der Waals surface area contributed by atoms with Gasteiger partial charge in [-0.25, -0.2) is 4.98 Å². The highest BCUT2D eigenvalue weighted by Gasteiger charge is 2.30. The van der Waals surface area contributed by atoms with Crippen molar-refractivity contribution in [3.8, 4) is 0 Å². The average molecular weight is 339 g/mol. The zero-order valence-corrected chi connectivity index (χ0v) is 13.4. The summed E-state index contributed by atoms with van der Waals surface area (Å²) in [5, 5.41) is 8.19. The molecule has 0 aliphatic carbocycles. The van der Waals surface area contributed by atoms with Crippen molar-refractivity contribution in [2.45, 2.75) is 13.1 Å². The number of nitrogens with zero attached hydrogens (tertiary/aromatic N) is 1. The molecule has 0 saturated carbocycles. The summed E-state index contributed by atoms with van der Waals surface area (Å²) in [7, 11) is 1.81. The standard InChI is InChI=1S/C16H16F3N3S/c1-11(5-4-8-20-2)14-10-23-15(22-14)21-13-7-3-6-12(9-13)16(17,18)19/h3-10,20H,1-2H3,(H,21,22)/b8-4-,11-5+. The van der Waals surface area contributed by atoms with E-state index >= 15 is 0 Å². The smallest absolute Gasteiger partial charge is 0.394 e. The molecule has 122 valence electrons. The van der Waals surface area contributed by atoms with E-state index < -0.39 is 11.7 Å². The highest BCUT2D eigenvalue weighted by molar-refractivity contribution is 7.13. The van der Waals surface area contributed by atoms with Crippen LogP contribution in [0.25, 0.3) is 5.57 Å². The molecule has 0 bridgehead atoms. The topological polar surface area (TPSA) is 37.0 Å². The number of hydrogen-bond donors (Lipinski definition) is 2. The molecule has 1 heterocycles. The summed E-state index contributed by atoms with van der Waals surface area (Å²) in [5.41, 5.74) is 1.42. The van der Waals surface area contributed by atoms with Crippen molar-refractivity contribution >= 4 is 27.7 Å². The van der Waals surface area contributed by atoms with Crippen LogP contribution in [0.3, 0.4) is 0 Å². The number of thiazole rings is 1. The number of allylic oxidation sites excluding steroid dienone is 3. The van der Waals surface area contributed by atoms with E-state index in [9.17, 15) is 13.2 Å². The van der Waals surface area contributed by atoms with Crippen LogP contribution in [0.4, 0.5) is 24.0 Å². The van der Waals surface area contributed by atoms with E-state index in [1.54, 1.807) is 19.3 Å². The van der Waals surface area contributed by atoms with E-state index in [0.29, 0.717) is 10.8 Å². The summed E-state index contributed by atoms with van der Waals surface area (Å²) in [6, 6.07) is 5.06. The van der Waals surface area contributed by atoms with Gasteiger partial charge in [-0.2, -0.15) is 13.2 Å². The Morgan fingerprint density at radius 2 is 2.09 bits per heavy atom. The summed E-state index contributed by atoms with van der Waals surface area (Å²) >= 11 is 1.34. The van der Waals surface area contributed by atoms with Gasteiger partial charge in [0.1, 0.15) is 0 Å². The summed E-state index contributed by atoms with van der Waals surface area (Å²) in [4.78, 5) is 4.38. The van der Waals surface area contributed by atoms with E-state index in [2.05, 4.69) is 15.6 Å². The molecule has 0 aliphatic rings. The first-order chi connectivity index (χ1) is 10.9. The van der Waals surface area contributed by atoms with E-state index in [-0.39, 0.29) is 0 Å². The van der Waals surface area contributed by atoms with Crippen LogP contribution in [0.2, 0.25) is 0 Å². The summed E-state index contributed by atoms with van der Waals surface area (Å²) < 4.78 is 38.1. The molecule has 0 unspecified atom stereocenters. The molecular weight excluding hydrogens is 323 g/mol. The maximum absolute atomic E-state index is 12.7. The van der Waals surface area contributed by atoms with Gasteiger partial charge in [0.15, 0.2) is 5.13 Å². The van der Waals surface area contributed by atoms with E-state index in [1.807, 2.05) is 24.5 Å². The Balaban J connectivity index is 2.13. The number of rotatable bonds is 5. The van der Waals surface area contributed by atoms with Crippen LogP contribution in [0.5, 0.6) is 0 Å². The fourth-order valence-corrected chi connectivity index (χ4v) is 2.57.